The first kappa shape index (κ1) is 38.1. The summed E-state index contributed by atoms with van der Waals surface area (Å²) < 4.78 is 11.2. The molecule has 0 aromatic carbocycles. The second kappa shape index (κ2) is 24.8. The molecule has 0 atom stereocenters. The standard InChI is InChI=1S/C4H8N2S4.6C4H9.2Sn/c7-3(8)5-1-2-6-4(9)10;6*1-3-4-2;;/h1-2H2,(H2,5,7,8)(H2,6,9,10);6*1,3-4H2,2H3;;/q;;;;;;;2*+1/p-2. The first-order chi connectivity index (χ1) is 17.4. The Labute approximate surface area is 251 Å². The van der Waals surface area contributed by atoms with E-state index in [1.165, 1.54) is 104 Å². The van der Waals surface area contributed by atoms with Crippen LogP contribution in [-0.4, -0.2) is 55.7 Å². The Bertz CT molecular complexity index is 472. The fraction of sp³-hybridized carbons (Fsp3) is 0.929. The molecule has 0 aliphatic rings. The van der Waals surface area contributed by atoms with Crippen LogP contribution >= 0.6 is 42.3 Å². The van der Waals surface area contributed by atoms with Crippen molar-refractivity contribution in [2.75, 3.05) is 13.1 Å². The van der Waals surface area contributed by atoms with E-state index in [-0.39, 0.29) is 0 Å². The molecule has 0 unspecified atom stereocenters. The van der Waals surface area contributed by atoms with Gasteiger partial charge in [0.1, 0.15) is 0 Å². The molecular weight excluding hydrogens is 730 g/mol. The van der Waals surface area contributed by atoms with Crippen LogP contribution in [0.15, 0.2) is 0 Å². The zero-order valence-electron chi connectivity index (χ0n) is 24.8. The van der Waals surface area contributed by atoms with Gasteiger partial charge in [-0.15, -0.1) is 0 Å². The predicted octanol–water partition coefficient (Wildman–Crippen LogP) is 10.9. The molecule has 0 rings (SSSR count). The van der Waals surface area contributed by atoms with Crippen molar-refractivity contribution in [3.05, 3.63) is 0 Å². The molecule has 0 amide bonds. The molecular formula is C28H60N2S4Sn2. The normalized spacial score (nSPS) is 12.1. The Morgan fingerprint density at radius 1 is 0.472 bits per heavy atom. The van der Waals surface area contributed by atoms with E-state index < -0.39 is 34.0 Å². The van der Waals surface area contributed by atoms with E-state index in [1.54, 1.807) is 0 Å². The molecule has 0 aromatic heterocycles. The topological polar surface area (TPSA) is 24.1 Å². The zero-order valence-corrected chi connectivity index (χ0v) is 33.7. The SMILES string of the molecule is CCC[CH2][Sn]([CH2]CCC)([CH2]CCC)[S]C(=S)NCCNC(=S)[S][Sn]([CH2]CCC)([CH2]CCC)[CH2]CCC. The van der Waals surface area contributed by atoms with Crippen molar-refractivity contribution in [3.63, 3.8) is 0 Å². The maximum absolute atomic E-state index is 5.91. The van der Waals surface area contributed by atoms with Gasteiger partial charge in [0.2, 0.25) is 0 Å². The summed E-state index contributed by atoms with van der Waals surface area (Å²) >= 11 is 7.26. The van der Waals surface area contributed by atoms with Crippen molar-refractivity contribution in [1.82, 2.24) is 10.6 Å². The second-order valence-electron chi connectivity index (χ2n) is 10.6. The van der Waals surface area contributed by atoms with E-state index in [0.29, 0.717) is 0 Å². The van der Waals surface area contributed by atoms with Gasteiger partial charge in [0.25, 0.3) is 0 Å². The van der Waals surface area contributed by atoms with Gasteiger partial charge in [-0.1, -0.05) is 0 Å². The molecule has 36 heavy (non-hydrogen) atoms. The molecule has 0 radical (unpaired) electrons. The summed E-state index contributed by atoms with van der Waals surface area (Å²) in [5.41, 5.74) is 0. The summed E-state index contributed by atoms with van der Waals surface area (Å²) in [4.78, 5) is 0. The van der Waals surface area contributed by atoms with Crippen LogP contribution in [-0.2, 0) is 0 Å². The van der Waals surface area contributed by atoms with Crippen molar-refractivity contribution in [2.24, 2.45) is 0 Å². The van der Waals surface area contributed by atoms with Crippen LogP contribution in [0, 0.1) is 0 Å². The summed E-state index contributed by atoms with van der Waals surface area (Å²) in [6.45, 7) is 15.8. The van der Waals surface area contributed by atoms with Gasteiger partial charge in [0, 0.05) is 0 Å². The Balaban J connectivity index is 4.88. The fourth-order valence-electron chi connectivity index (χ4n) is 4.84. The number of unbranched alkanes of at least 4 members (excludes halogenated alkanes) is 6. The summed E-state index contributed by atoms with van der Waals surface area (Å²) in [6.07, 6.45) is 16.3. The Morgan fingerprint density at radius 2 is 0.694 bits per heavy atom. The van der Waals surface area contributed by atoms with Gasteiger partial charge in [0.05, 0.1) is 0 Å². The van der Waals surface area contributed by atoms with Gasteiger partial charge < -0.3 is 0 Å². The van der Waals surface area contributed by atoms with Crippen LogP contribution < -0.4 is 10.6 Å². The second-order valence-corrected chi connectivity index (χ2v) is 50.4. The van der Waals surface area contributed by atoms with Crippen molar-refractivity contribution in [3.8, 4) is 0 Å². The number of hydrogen-bond acceptors (Lipinski definition) is 4. The predicted molar refractivity (Wildman–Crippen MR) is 186 cm³/mol. The van der Waals surface area contributed by atoms with E-state index in [1.807, 2.05) is 0 Å². The van der Waals surface area contributed by atoms with E-state index >= 15 is 0 Å². The monoisotopic (exact) mass is 792 g/mol. The van der Waals surface area contributed by atoms with Gasteiger partial charge in [0.15, 0.2) is 0 Å². The molecule has 0 heterocycles. The molecule has 0 aliphatic carbocycles. The van der Waals surface area contributed by atoms with Crippen LogP contribution in [0.2, 0.25) is 26.6 Å². The van der Waals surface area contributed by atoms with Gasteiger partial charge in [-0.3, -0.25) is 0 Å². The molecule has 0 aromatic rings. The van der Waals surface area contributed by atoms with E-state index in [2.05, 4.69) is 70.1 Å². The van der Waals surface area contributed by atoms with Crippen LogP contribution in [0.5, 0.6) is 0 Å². The molecule has 214 valence electrons. The van der Waals surface area contributed by atoms with Gasteiger partial charge in [-0.05, 0) is 0 Å². The summed E-state index contributed by atoms with van der Waals surface area (Å²) in [5, 5.41) is 7.24. The molecule has 0 spiro atoms. The maximum atomic E-state index is 5.91. The molecule has 8 heteroatoms. The van der Waals surface area contributed by atoms with Crippen molar-refractivity contribution >= 4 is 85.0 Å². The Hall–Kier alpha value is 2.08. The number of rotatable bonds is 23. The average Bonchev–Trinajstić information content (AvgIpc) is 2.88. The first-order valence-corrected chi connectivity index (χ1v) is 36.8. The molecule has 2 N–H and O–H groups in total. The van der Waals surface area contributed by atoms with E-state index in [4.69, 9.17) is 24.4 Å². The molecule has 0 aliphatic heterocycles. The Morgan fingerprint density at radius 3 is 0.889 bits per heavy atom. The third-order valence-corrected chi connectivity index (χ3v) is 52.8. The summed E-state index contributed by atoms with van der Waals surface area (Å²) in [6, 6.07) is 0. The first-order valence-electron chi connectivity index (χ1n) is 15.3. The van der Waals surface area contributed by atoms with Gasteiger partial charge in [-0.25, -0.2) is 0 Å². The van der Waals surface area contributed by atoms with Gasteiger partial charge >= 0.3 is 254 Å². The average molecular weight is 790 g/mol. The van der Waals surface area contributed by atoms with Crippen LogP contribution in [0.3, 0.4) is 0 Å². The van der Waals surface area contributed by atoms with E-state index in [9.17, 15) is 0 Å². The number of hydrogen-bond donors (Lipinski definition) is 2. The minimum absolute atomic E-state index is 0.894. The van der Waals surface area contributed by atoms with Crippen LogP contribution in [0.1, 0.15) is 119 Å². The molecule has 0 fully saturated rings. The molecule has 2 nitrogen and oxygen atoms in total. The quantitative estimate of drug-likeness (QED) is 0.0608. The fourth-order valence-corrected chi connectivity index (χ4v) is 54.3. The van der Waals surface area contributed by atoms with Crippen LogP contribution in [0.4, 0.5) is 0 Å². The summed E-state index contributed by atoms with van der Waals surface area (Å²) in [5.74, 6) is 0. The minimum atomic E-state index is -2.28. The van der Waals surface area contributed by atoms with E-state index in [0.717, 1.165) is 21.7 Å². The third-order valence-electron chi connectivity index (χ3n) is 7.20. The molecule has 0 saturated heterocycles. The summed E-state index contributed by atoms with van der Waals surface area (Å²) in [7, 11) is 4.37. The van der Waals surface area contributed by atoms with Crippen LogP contribution in [0.25, 0.3) is 0 Å². The zero-order chi connectivity index (χ0) is 27.1. The number of thiocarbonyl (C=S) groups is 2. The van der Waals surface area contributed by atoms with Crippen molar-refractivity contribution < 1.29 is 0 Å². The third kappa shape index (κ3) is 18.4. The molecule has 0 saturated carbocycles. The van der Waals surface area contributed by atoms with Crippen molar-refractivity contribution in [1.29, 1.82) is 0 Å². The Kier molecular flexibility index (Phi) is 26.3. The van der Waals surface area contributed by atoms with Crippen molar-refractivity contribution in [2.45, 2.75) is 145 Å². The van der Waals surface area contributed by atoms with Gasteiger partial charge in [-0.2, -0.15) is 0 Å². The molecule has 0 bridgehead atoms. The number of nitrogens with one attached hydrogen (secondary N) is 2.